The van der Waals surface area contributed by atoms with Gasteiger partial charge < -0.3 is 19.2 Å². The first-order valence-corrected chi connectivity index (χ1v) is 2.68. The Morgan fingerprint density at radius 2 is 0.833 bits per heavy atom. The summed E-state index contributed by atoms with van der Waals surface area (Å²) in [7, 11) is -4.61. The molecule has 36 valence electrons. The van der Waals surface area contributed by atoms with Crippen LogP contribution in [0.15, 0.2) is 0 Å². The largest absolute Gasteiger partial charge is 0.668 e. The van der Waals surface area contributed by atoms with Crippen LogP contribution in [0.4, 0.5) is 0 Å². The van der Waals surface area contributed by atoms with Crippen molar-refractivity contribution in [3.05, 3.63) is 0 Å². The van der Waals surface area contributed by atoms with E-state index in [1.54, 1.807) is 0 Å². The van der Waals surface area contributed by atoms with E-state index in [2.05, 4.69) is 0 Å². The first kappa shape index (κ1) is 10.4. The number of hydrogen-bond donors (Lipinski definition) is 4. The zero-order chi connectivity index (χ0) is 4.50. The van der Waals surface area contributed by atoms with E-state index in [9.17, 15) is 0 Å². The average Bonchev–Trinajstić information content (AvgIpc) is 0.722. The summed E-state index contributed by atoms with van der Waals surface area (Å²) in [5, 5.41) is 0. The second-order valence-electron chi connectivity index (χ2n) is 0.600. The minimum absolute atomic E-state index is 0. The topological polar surface area (TPSA) is 80.9 Å². The van der Waals surface area contributed by atoms with Crippen molar-refractivity contribution in [3.8, 4) is 0 Å². The molecular formula is H4O4SiTh. The Balaban J connectivity index is 0. The second kappa shape index (κ2) is 3.39. The van der Waals surface area contributed by atoms with E-state index >= 15 is 0 Å². The molecule has 0 bridgehead atoms. The molecule has 0 spiro atoms. The van der Waals surface area contributed by atoms with Crippen molar-refractivity contribution in [2.75, 3.05) is 0 Å². The fraction of sp³-hybridized carbons (Fsp3) is 0. The van der Waals surface area contributed by atoms with Crippen molar-refractivity contribution in [2.45, 2.75) is 0 Å². The maximum absolute atomic E-state index is 7.33. The zero-order valence-electron chi connectivity index (χ0n) is 2.79. The van der Waals surface area contributed by atoms with Gasteiger partial charge in [0.05, 0.1) is 0 Å². The molecule has 4 nitrogen and oxygen atoms in total. The zero-order valence-corrected chi connectivity index (χ0v) is 7.90. The normalized spacial score (nSPS) is 10.0. The van der Waals surface area contributed by atoms with Gasteiger partial charge in [-0.2, -0.15) is 0 Å². The summed E-state index contributed by atoms with van der Waals surface area (Å²) in [5.41, 5.74) is 0. The Labute approximate surface area is 67.6 Å². The fourth-order valence-electron chi connectivity index (χ4n) is 0. The summed E-state index contributed by atoms with van der Waals surface area (Å²) in [6.07, 6.45) is 0. The molecule has 4 N–H and O–H groups in total. The summed E-state index contributed by atoms with van der Waals surface area (Å²) < 4.78 is 0. The van der Waals surface area contributed by atoms with Crippen LogP contribution in [-0.2, 0) is 0 Å². The molecule has 0 atom stereocenters. The quantitative estimate of drug-likeness (QED) is 0.368. The standard InChI is InChI=1S/H4O4Si.Th/c1-5(2,3)4;/h1-4H;. The SMILES string of the molecule is O[Si](O)(O)O.[Th]. The van der Waals surface area contributed by atoms with Gasteiger partial charge in [0.1, 0.15) is 0 Å². The minimum atomic E-state index is -4.61. The Hall–Kier alpha value is 1.38. The minimum Gasteiger partial charge on any atom is -0.368 e. The van der Waals surface area contributed by atoms with Crippen LogP contribution in [0.3, 0.4) is 0 Å². The summed E-state index contributed by atoms with van der Waals surface area (Å²) >= 11 is 0. The number of rotatable bonds is 0. The third-order valence-electron chi connectivity index (χ3n) is 0. The molecular weight excluding hydrogens is 324 g/mol. The van der Waals surface area contributed by atoms with Gasteiger partial charge in [-0.1, -0.05) is 0 Å². The Bertz CT molecular complexity index is 23.0. The van der Waals surface area contributed by atoms with E-state index in [0.29, 0.717) is 0 Å². The fourth-order valence-corrected chi connectivity index (χ4v) is 0. The van der Waals surface area contributed by atoms with Crippen LogP contribution in [-0.4, -0.2) is 28.2 Å². The summed E-state index contributed by atoms with van der Waals surface area (Å²) in [5.74, 6) is 0. The molecule has 0 radical (unpaired) electrons. The maximum Gasteiger partial charge on any atom is 0.668 e. The Morgan fingerprint density at radius 3 is 0.833 bits per heavy atom. The smallest absolute Gasteiger partial charge is 0.368 e. The third-order valence-corrected chi connectivity index (χ3v) is 0. The van der Waals surface area contributed by atoms with Crippen LogP contribution >= 0.6 is 0 Å². The molecule has 0 aromatic rings. The van der Waals surface area contributed by atoms with Gasteiger partial charge in [-0.15, -0.1) is 0 Å². The monoisotopic (exact) mass is 328 g/mol. The molecule has 0 aliphatic carbocycles. The van der Waals surface area contributed by atoms with Gasteiger partial charge in [0.15, 0.2) is 0 Å². The van der Waals surface area contributed by atoms with Gasteiger partial charge in [0, 0.05) is 39.9 Å². The van der Waals surface area contributed by atoms with Crippen molar-refractivity contribution in [3.63, 3.8) is 0 Å². The van der Waals surface area contributed by atoms with Crippen LogP contribution in [0.5, 0.6) is 0 Å². The van der Waals surface area contributed by atoms with Crippen molar-refractivity contribution >= 4 is 9.05 Å². The van der Waals surface area contributed by atoms with Gasteiger partial charge in [0.2, 0.25) is 0 Å². The first-order chi connectivity index (χ1) is 2.00. The second-order valence-corrected chi connectivity index (χ2v) is 1.80. The van der Waals surface area contributed by atoms with Crippen LogP contribution in [0.1, 0.15) is 0 Å². The summed E-state index contributed by atoms with van der Waals surface area (Å²) in [4.78, 5) is 29.3. The molecule has 0 saturated carbocycles. The van der Waals surface area contributed by atoms with E-state index in [4.69, 9.17) is 19.2 Å². The molecule has 0 aromatic carbocycles. The molecule has 6 heavy (non-hydrogen) atoms. The van der Waals surface area contributed by atoms with Crippen LogP contribution in [0, 0.1) is 39.9 Å². The molecule has 6 heteroatoms. The van der Waals surface area contributed by atoms with Crippen LogP contribution in [0.25, 0.3) is 0 Å². The Kier molecular flexibility index (Phi) is 5.87. The van der Waals surface area contributed by atoms with Gasteiger partial charge in [-0.05, 0) is 0 Å². The summed E-state index contributed by atoms with van der Waals surface area (Å²) in [6.45, 7) is 0. The van der Waals surface area contributed by atoms with Crippen LogP contribution < -0.4 is 0 Å². The molecule has 0 saturated heterocycles. The van der Waals surface area contributed by atoms with Gasteiger partial charge in [-0.3, -0.25) is 0 Å². The molecule has 0 fully saturated rings. The van der Waals surface area contributed by atoms with E-state index < -0.39 is 9.05 Å². The van der Waals surface area contributed by atoms with E-state index in [1.165, 1.54) is 0 Å². The predicted molar refractivity (Wildman–Crippen MR) is 14.6 cm³/mol. The van der Waals surface area contributed by atoms with Crippen molar-refractivity contribution in [2.24, 2.45) is 0 Å². The molecule has 0 amide bonds. The van der Waals surface area contributed by atoms with Crippen molar-refractivity contribution in [1.29, 1.82) is 0 Å². The van der Waals surface area contributed by atoms with Gasteiger partial charge in [0.25, 0.3) is 0 Å². The molecule has 0 unspecified atom stereocenters. The third kappa shape index (κ3) is 54.1. The average molecular weight is 328 g/mol. The molecule has 0 aliphatic rings. The van der Waals surface area contributed by atoms with Crippen molar-refractivity contribution in [1.82, 2.24) is 0 Å². The molecule has 0 aromatic heterocycles. The van der Waals surface area contributed by atoms with E-state index in [-0.39, 0.29) is 39.9 Å². The maximum atomic E-state index is 7.33. The molecule has 0 rings (SSSR count). The Morgan fingerprint density at radius 1 is 0.833 bits per heavy atom. The summed E-state index contributed by atoms with van der Waals surface area (Å²) in [6, 6.07) is 0. The van der Waals surface area contributed by atoms with E-state index in [0.717, 1.165) is 0 Å². The van der Waals surface area contributed by atoms with E-state index in [1.807, 2.05) is 0 Å². The predicted octanol–water partition coefficient (Wildman–Crippen LogP) is -2.61. The van der Waals surface area contributed by atoms with Gasteiger partial charge >= 0.3 is 9.05 Å². The number of hydrogen-bond acceptors (Lipinski definition) is 4. The van der Waals surface area contributed by atoms with Gasteiger partial charge in [-0.25, -0.2) is 0 Å². The molecule has 0 heterocycles. The molecule has 0 aliphatic heterocycles. The van der Waals surface area contributed by atoms with Crippen LogP contribution in [0.2, 0.25) is 0 Å². The van der Waals surface area contributed by atoms with Crippen molar-refractivity contribution < 1.29 is 59.1 Å². The first-order valence-electron chi connectivity index (χ1n) is 0.894.